The van der Waals surface area contributed by atoms with Gasteiger partial charge in [-0.1, -0.05) is 13.0 Å². The lowest BCUT2D eigenvalue weighted by molar-refractivity contribution is -0.122. The van der Waals surface area contributed by atoms with E-state index in [9.17, 15) is 35.6 Å². The number of alkyl halides is 3. The monoisotopic (exact) mass is 598 g/mol. The molecule has 3 saturated carbocycles. The van der Waals surface area contributed by atoms with Crippen LogP contribution in [0.5, 0.6) is 11.5 Å². The molecule has 0 heterocycles. The molecule has 4 atom stereocenters. The number of benzene rings is 2. The van der Waals surface area contributed by atoms with Gasteiger partial charge in [-0.3, -0.25) is 9.59 Å². The van der Waals surface area contributed by atoms with Gasteiger partial charge in [0.05, 0.1) is 29.6 Å². The topological polar surface area (TPSA) is 111 Å². The number of fused-ring (bicyclic) bond motifs is 2. The summed E-state index contributed by atoms with van der Waals surface area (Å²) in [5.41, 5.74) is -5.55. The van der Waals surface area contributed by atoms with Crippen molar-refractivity contribution in [1.29, 1.82) is 0 Å². The van der Waals surface area contributed by atoms with E-state index in [1.807, 2.05) is 0 Å². The van der Waals surface area contributed by atoms with Crippen molar-refractivity contribution in [3.63, 3.8) is 0 Å². The molecule has 0 radical (unpaired) electrons. The van der Waals surface area contributed by atoms with Crippen molar-refractivity contribution in [2.75, 3.05) is 12.4 Å². The number of hydrogen-bond donors (Lipinski definition) is 2. The van der Waals surface area contributed by atoms with Crippen LogP contribution in [0.3, 0.4) is 0 Å². The van der Waals surface area contributed by atoms with Crippen molar-refractivity contribution < 1.29 is 45.0 Å². The summed E-state index contributed by atoms with van der Waals surface area (Å²) in [7, 11) is -4.29. The number of ether oxygens (including phenoxy) is 2. The molecule has 2 bridgehead atoms. The van der Waals surface area contributed by atoms with Gasteiger partial charge in [0.25, 0.3) is 15.7 Å². The Bertz CT molecular complexity index is 1460. The van der Waals surface area contributed by atoms with E-state index < -0.39 is 49.8 Å². The van der Waals surface area contributed by atoms with E-state index in [1.54, 1.807) is 0 Å². The van der Waals surface area contributed by atoms with E-state index in [0.717, 1.165) is 49.9 Å². The number of carbonyl (C=O) groups is 2. The average Bonchev–Trinajstić information content (AvgIpc) is 3.50. The Labute approximate surface area is 234 Å². The van der Waals surface area contributed by atoms with Crippen LogP contribution >= 0.6 is 0 Å². The van der Waals surface area contributed by atoms with E-state index in [4.69, 9.17) is 9.47 Å². The summed E-state index contributed by atoms with van der Waals surface area (Å²) in [4.78, 5) is 25.8. The number of methoxy groups -OCH3 is 1. The molecule has 222 valence electrons. The molecule has 0 spiro atoms. The van der Waals surface area contributed by atoms with Crippen LogP contribution in [-0.4, -0.2) is 45.0 Å². The molecular weight excluding hydrogens is 568 g/mol. The Morgan fingerprint density at radius 3 is 2.37 bits per heavy atom. The first kappa shape index (κ1) is 29.2. The zero-order chi connectivity index (χ0) is 29.7. The third-order valence-electron chi connectivity index (χ3n) is 8.36. The van der Waals surface area contributed by atoms with Crippen molar-refractivity contribution in [2.45, 2.75) is 61.6 Å². The highest BCUT2D eigenvalue weighted by atomic mass is 32.2. The number of hydrogen-bond acceptors (Lipinski definition) is 6. The molecule has 13 heteroatoms. The fourth-order valence-corrected chi connectivity index (χ4v) is 7.09. The SMILES string of the molecule is COc1cc(F)c(OC2CC(C)C2)cc1C(=O)N[C@@H]1[C@@H]2CC[C@@H](C2)[C@@H]1C(=O)Nc1cccc(S(=O)(=O)C(F)(F)F)c1. The molecule has 5 rings (SSSR count). The molecule has 2 amide bonds. The Morgan fingerprint density at radius 2 is 1.71 bits per heavy atom. The van der Waals surface area contributed by atoms with E-state index in [2.05, 4.69) is 17.6 Å². The second-order valence-electron chi connectivity index (χ2n) is 11.1. The van der Waals surface area contributed by atoms with Crippen LogP contribution in [0.2, 0.25) is 0 Å². The molecular formula is C28H30F4N2O6S. The highest BCUT2D eigenvalue weighted by molar-refractivity contribution is 7.92. The second kappa shape index (κ2) is 10.8. The summed E-state index contributed by atoms with van der Waals surface area (Å²) in [6.07, 6.45) is 3.58. The van der Waals surface area contributed by atoms with E-state index in [-0.39, 0.29) is 40.7 Å². The van der Waals surface area contributed by atoms with Gasteiger partial charge in [-0.15, -0.1) is 0 Å². The number of halogens is 4. The van der Waals surface area contributed by atoms with Crippen molar-refractivity contribution in [3.8, 4) is 11.5 Å². The lowest BCUT2D eigenvalue weighted by Crippen LogP contribution is -2.48. The van der Waals surface area contributed by atoms with Gasteiger partial charge in [0.15, 0.2) is 11.6 Å². The molecule has 0 unspecified atom stereocenters. The third kappa shape index (κ3) is 5.60. The van der Waals surface area contributed by atoms with Gasteiger partial charge in [-0.25, -0.2) is 12.8 Å². The Morgan fingerprint density at radius 1 is 1.00 bits per heavy atom. The predicted molar refractivity (Wildman–Crippen MR) is 140 cm³/mol. The Kier molecular flexibility index (Phi) is 7.68. The molecule has 0 aromatic heterocycles. The van der Waals surface area contributed by atoms with E-state index >= 15 is 0 Å². The predicted octanol–water partition coefficient (Wildman–Crippen LogP) is 5.09. The minimum Gasteiger partial charge on any atom is -0.496 e. The van der Waals surface area contributed by atoms with Gasteiger partial charge in [0.2, 0.25) is 5.91 Å². The molecule has 2 aromatic carbocycles. The first-order valence-corrected chi connectivity index (χ1v) is 14.8. The van der Waals surface area contributed by atoms with Crippen molar-refractivity contribution in [1.82, 2.24) is 5.32 Å². The molecule has 8 nitrogen and oxygen atoms in total. The van der Waals surface area contributed by atoms with Crippen molar-refractivity contribution >= 4 is 27.3 Å². The van der Waals surface area contributed by atoms with Gasteiger partial charge in [0, 0.05) is 17.8 Å². The summed E-state index contributed by atoms with van der Waals surface area (Å²) < 4.78 is 88.4. The van der Waals surface area contributed by atoms with Crippen LogP contribution in [0, 0.1) is 29.5 Å². The molecule has 3 fully saturated rings. The average molecular weight is 599 g/mol. The maximum atomic E-state index is 14.7. The number of amides is 2. The lowest BCUT2D eigenvalue weighted by atomic mass is 9.83. The molecule has 41 heavy (non-hydrogen) atoms. The number of rotatable bonds is 8. The van der Waals surface area contributed by atoms with Crippen molar-refractivity contribution in [2.24, 2.45) is 23.7 Å². The maximum absolute atomic E-state index is 14.7. The molecule has 0 aliphatic heterocycles. The first-order chi connectivity index (χ1) is 19.3. The van der Waals surface area contributed by atoms with Gasteiger partial charge in [-0.2, -0.15) is 13.2 Å². The molecule has 2 aromatic rings. The smallest absolute Gasteiger partial charge is 0.496 e. The summed E-state index contributed by atoms with van der Waals surface area (Å²) in [5.74, 6) is -2.19. The molecule has 0 saturated heterocycles. The molecule has 3 aliphatic carbocycles. The number of nitrogens with one attached hydrogen (secondary N) is 2. The zero-order valence-corrected chi connectivity index (χ0v) is 23.1. The van der Waals surface area contributed by atoms with Crippen molar-refractivity contribution in [3.05, 3.63) is 47.8 Å². The summed E-state index contributed by atoms with van der Waals surface area (Å²) in [6, 6.07) is 5.74. The zero-order valence-electron chi connectivity index (χ0n) is 22.3. The number of carbonyl (C=O) groups excluding carboxylic acids is 2. The standard InChI is InChI=1S/C28H30F4N2O6S/c1-14-8-18(9-14)40-23-12-20(22(39-2)13-21(23)29)26(35)34-25-16-7-6-15(10-16)24(25)27(36)33-17-4-3-5-19(11-17)41(37,38)28(30,31)32/h3-5,11-16,18,24-25H,6-10H2,1-2H3,(H,33,36)(H,34,35)/t14?,15-,16+,18?,24-,25+/m0/s1. The summed E-state index contributed by atoms with van der Waals surface area (Å²) >= 11 is 0. The highest BCUT2D eigenvalue weighted by Gasteiger charge is 2.52. The lowest BCUT2D eigenvalue weighted by Gasteiger charge is -2.33. The van der Waals surface area contributed by atoms with Crippen LogP contribution in [0.15, 0.2) is 41.3 Å². The second-order valence-corrected chi connectivity index (χ2v) is 13.1. The first-order valence-electron chi connectivity index (χ1n) is 13.4. The van der Waals surface area contributed by atoms with Crippen LogP contribution in [0.4, 0.5) is 23.2 Å². The summed E-state index contributed by atoms with van der Waals surface area (Å²) in [5, 5.41) is 5.44. The highest BCUT2D eigenvalue weighted by Crippen LogP contribution is 2.49. The molecule has 3 aliphatic rings. The third-order valence-corrected chi connectivity index (χ3v) is 9.84. The van der Waals surface area contributed by atoms with E-state index in [1.165, 1.54) is 19.2 Å². The Balaban J connectivity index is 1.34. The fraction of sp³-hybridized carbons (Fsp3) is 0.500. The quantitative estimate of drug-likeness (QED) is 0.410. The van der Waals surface area contributed by atoms with Gasteiger partial charge >= 0.3 is 5.51 Å². The maximum Gasteiger partial charge on any atom is 0.501 e. The van der Waals surface area contributed by atoms with Gasteiger partial charge in [-0.05, 0) is 74.1 Å². The van der Waals surface area contributed by atoms with Crippen LogP contribution in [0.1, 0.15) is 49.4 Å². The minimum atomic E-state index is -5.60. The molecule has 2 N–H and O–H groups in total. The number of sulfone groups is 1. The van der Waals surface area contributed by atoms with Gasteiger partial charge in [0.1, 0.15) is 5.75 Å². The fourth-order valence-electron chi connectivity index (χ4n) is 6.28. The largest absolute Gasteiger partial charge is 0.501 e. The van der Waals surface area contributed by atoms with Crippen LogP contribution in [-0.2, 0) is 14.6 Å². The normalized spacial score (nSPS) is 27.2. The minimum absolute atomic E-state index is 0.00109. The van der Waals surface area contributed by atoms with Crippen LogP contribution in [0.25, 0.3) is 0 Å². The Hall–Kier alpha value is -3.35. The summed E-state index contributed by atoms with van der Waals surface area (Å²) in [6.45, 7) is 2.06. The van der Waals surface area contributed by atoms with Crippen LogP contribution < -0.4 is 20.1 Å². The van der Waals surface area contributed by atoms with Gasteiger partial charge < -0.3 is 20.1 Å². The number of anilines is 1. The van der Waals surface area contributed by atoms with E-state index in [0.29, 0.717) is 12.3 Å².